The smallest absolute Gasteiger partial charge is 0.266 e. The topological polar surface area (TPSA) is 59.3 Å². The van der Waals surface area contributed by atoms with Crippen molar-refractivity contribution in [3.63, 3.8) is 0 Å². The maximum atomic E-state index is 11.9. The van der Waals surface area contributed by atoms with E-state index in [0.717, 1.165) is 4.88 Å². The van der Waals surface area contributed by atoms with Gasteiger partial charge in [-0.3, -0.25) is 9.48 Å². The van der Waals surface area contributed by atoms with Crippen LogP contribution in [-0.4, -0.2) is 21.9 Å². The van der Waals surface area contributed by atoms with Crippen LogP contribution < -0.4 is 5.43 Å². The van der Waals surface area contributed by atoms with Crippen LogP contribution in [0.5, 0.6) is 0 Å². The van der Waals surface area contributed by atoms with E-state index in [-0.39, 0.29) is 5.69 Å². The molecule has 5 nitrogen and oxygen atoms in total. The van der Waals surface area contributed by atoms with Crippen LogP contribution in [0.25, 0.3) is 0 Å². The lowest BCUT2D eigenvalue weighted by molar-refractivity contribution is 0.0946. The maximum Gasteiger partial charge on any atom is 0.291 e. The second-order valence-corrected chi connectivity index (χ2v) is 5.84. The van der Waals surface area contributed by atoms with Crippen molar-refractivity contribution in [3.05, 3.63) is 37.8 Å². The average molecular weight is 317 g/mol. The van der Waals surface area contributed by atoms with E-state index in [0.29, 0.717) is 15.1 Å². The van der Waals surface area contributed by atoms with Gasteiger partial charge in [0.25, 0.3) is 5.91 Å². The number of hydrazone groups is 1. The van der Waals surface area contributed by atoms with Gasteiger partial charge in [0.2, 0.25) is 0 Å². The standard InChI is InChI=1S/C11H10Cl2N4OS/c1-6-9(13)10(17(2)16-6)11(18)15-14-5-7-3-4-8(12)19-7/h3-5H,1-2H3,(H,15,18). The molecule has 0 saturated heterocycles. The van der Waals surface area contributed by atoms with Crippen molar-refractivity contribution in [1.29, 1.82) is 0 Å². The first kappa shape index (κ1) is 14.0. The minimum atomic E-state index is -0.410. The normalized spacial score (nSPS) is 11.2. The minimum Gasteiger partial charge on any atom is -0.266 e. The lowest BCUT2D eigenvalue weighted by atomic mass is 10.3. The number of aromatic nitrogens is 2. The second kappa shape index (κ2) is 5.73. The molecule has 0 spiro atoms. The molecule has 8 heteroatoms. The Balaban J connectivity index is 2.07. The molecule has 2 rings (SSSR count). The Kier molecular flexibility index (Phi) is 4.24. The van der Waals surface area contributed by atoms with Gasteiger partial charge in [0, 0.05) is 11.9 Å². The fraction of sp³-hybridized carbons (Fsp3) is 0.182. The minimum absolute atomic E-state index is 0.278. The number of thiophene rings is 1. The largest absolute Gasteiger partial charge is 0.291 e. The summed E-state index contributed by atoms with van der Waals surface area (Å²) in [6.07, 6.45) is 1.52. The zero-order valence-electron chi connectivity index (χ0n) is 10.1. The predicted molar refractivity (Wildman–Crippen MR) is 77.3 cm³/mol. The molecule has 0 unspecified atom stereocenters. The molecule has 2 heterocycles. The fourth-order valence-corrected chi connectivity index (χ4v) is 2.66. The van der Waals surface area contributed by atoms with Crippen molar-refractivity contribution in [1.82, 2.24) is 15.2 Å². The van der Waals surface area contributed by atoms with Crippen LogP contribution in [0.15, 0.2) is 17.2 Å². The molecule has 0 saturated carbocycles. The highest BCUT2D eigenvalue weighted by Crippen LogP contribution is 2.20. The summed E-state index contributed by atoms with van der Waals surface area (Å²) in [4.78, 5) is 12.7. The number of amides is 1. The van der Waals surface area contributed by atoms with Gasteiger partial charge in [0.15, 0.2) is 0 Å². The number of hydrogen-bond donors (Lipinski definition) is 1. The van der Waals surface area contributed by atoms with E-state index in [1.165, 1.54) is 22.2 Å². The van der Waals surface area contributed by atoms with E-state index in [1.54, 1.807) is 20.0 Å². The van der Waals surface area contributed by atoms with Crippen LogP contribution >= 0.6 is 34.5 Å². The lowest BCUT2D eigenvalue weighted by Gasteiger charge is -2.00. The number of carbonyl (C=O) groups is 1. The summed E-state index contributed by atoms with van der Waals surface area (Å²) < 4.78 is 2.09. The van der Waals surface area contributed by atoms with Gasteiger partial charge >= 0.3 is 0 Å². The van der Waals surface area contributed by atoms with Crippen molar-refractivity contribution in [2.75, 3.05) is 0 Å². The number of rotatable bonds is 3. The fourth-order valence-electron chi connectivity index (χ4n) is 1.48. The molecule has 0 aliphatic carbocycles. The molecule has 100 valence electrons. The zero-order valence-corrected chi connectivity index (χ0v) is 12.5. The summed E-state index contributed by atoms with van der Waals surface area (Å²) >= 11 is 13.1. The zero-order chi connectivity index (χ0) is 14.0. The summed E-state index contributed by atoms with van der Waals surface area (Å²) in [6, 6.07) is 3.57. The van der Waals surface area contributed by atoms with E-state index in [4.69, 9.17) is 23.2 Å². The number of halogens is 2. The molecule has 2 aromatic heterocycles. The SMILES string of the molecule is Cc1nn(C)c(C(=O)NN=Cc2ccc(Cl)s2)c1Cl. The van der Waals surface area contributed by atoms with Gasteiger partial charge in [-0.25, -0.2) is 5.43 Å². The van der Waals surface area contributed by atoms with Gasteiger partial charge in [0.05, 0.1) is 21.3 Å². The molecule has 0 bridgehead atoms. The Morgan fingerprint density at radius 1 is 1.53 bits per heavy atom. The van der Waals surface area contributed by atoms with Gasteiger partial charge in [-0.2, -0.15) is 10.2 Å². The molecule has 0 aliphatic heterocycles. The maximum absolute atomic E-state index is 11.9. The number of carbonyl (C=O) groups excluding carboxylic acids is 1. The summed E-state index contributed by atoms with van der Waals surface area (Å²) in [5, 5.41) is 8.24. The third kappa shape index (κ3) is 3.15. The van der Waals surface area contributed by atoms with E-state index < -0.39 is 5.91 Å². The van der Waals surface area contributed by atoms with Crippen LogP contribution in [0.3, 0.4) is 0 Å². The Hall–Kier alpha value is -1.37. The quantitative estimate of drug-likeness (QED) is 0.699. The number of aryl methyl sites for hydroxylation is 2. The first-order chi connectivity index (χ1) is 8.99. The van der Waals surface area contributed by atoms with Crippen molar-refractivity contribution >= 4 is 46.7 Å². The first-order valence-corrected chi connectivity index (χ1v) is 6.84. The highest BCUT2D eigenvalue weighted by molar-refractivity contribution is 7.17. The molecular formula is C11H10Cl2N4OS. The Labute approximate surface area is 123 Å². The van der Waals surface area contributed by atoms with Gasteiger partial charge in [-0.1, -0.05) is 23.2 Å². The van der Waals surface area contributed by atoms with Gasteiger partial charge < -0.3 is 0 Å². The predicted octanol–water partition coefficient (Wildman–Crippen LogP) is 2.86. The van der Waals surface area contributed by atoms with E-state index in [1.807, 2.05) is 6.07 Å². The third-order valence-electron chi connectivity index (χ3n) is 2.32. The molecule has 2 aromatic rings. The molecule has 0 atom stereocenters. The van der Waals surface area contributed by atoms with Gasteiger partial charge in [-0.05, 0) is 19.1 Å². The lowest BCUT2D eigenvalue weighted by Crippen LogP contribution is -2.21. The van der Waals surface area contributed by atoms with Crippen LogP contribution in [0.4, 0.5) is 0 Å². The van der Waals surface area contributed by atoms with Crippen LogP contribution in [-0.2, 0) is 7.05 Å². The van der Waals surface area contributed by atoms with Crippen molar-refractivity contribution in [2.24, 2.45) is 12.1 Å². The summed E-state index contributed by atoms with van der Waals surface area (Å²) in [7, 11) is 1.65. The molecule has 0 aliphatic rings. The summed E-state index contributed by atoms with van der Waals surface area (Å²) in [6.45, 7) is 1.73. The first-order valence-electron chi connectivity index (χ1n) is 5.27. The second-order valence-electron chi connectivity index (χ2n) is 3.71. The molecule has 0 radical (unpaired) electrons. The monoisotopic (exact) mass is 316 g/mol. The summed E-state index contributed by atoms with van der Waals surface area (Å²) in [5.41, 5.74) is 3.28. The molecule has 0 fully saturated rings. The van der Waals surface area contributed by atoms with E-state index in [2.05, 4.69) is 15.6 Å². The third-order valence-corrected chi connectivity index (χ3v) is 3.93. The molecule has 0 aromatic carbocycles. The van der Waals surface area contributed by atoms with Crippen LogP contribution in [0.2, 0.25) is 9.36 Å². The molecule has 19 heavy (non-hydrogen) atoms. The Morgan fingerprint density at radius 2 is 2.26 bits per heavy atom. The van der Waals surface area contributed by atoms with Crippen LogP contribution in [0.1, 0.15) is 21.1 Å². The number of hydrogen-bond acceptors (Lipinski definition) is 4. The van der Waals surface area contributed by atoms with Crippen molar-refractivity contribution in [3.8, 4) is 0 Å². The average Bonchev–Trinajstić information content (AvgIpc) is 2.84. The van der Waals surface area contributed by atoms with Crippen LogP contribution in [0, 0.1) is 6.92 Å². The van der Waals surface area contributed by atoms with Crippen molar-refractivity contribution in [2.45, 2.75) is 6.92 Å². The van der Waals surface area contributed by atoms with Crippen molar-refractivity contribution < 1.29 is 4.79 Å². The molecular weight excluding hydrogens is 307 g/mol. The van der Waals surface area contributed by atoms with E-state index >= 15 is 0 Å². The van der Waals surface area contributed by atoms with E-state index in [9.17, 15) is 4.79 Å². The van der Waals surface area contributed by atoms with Gasteiger partial charge in [-0.15, -0.1) is 11.3 Å². The highest BCUT2D eigenvalue weighted by Gasteiger charge is 2.17. The Bertz CT molecular complexity index is 647. The number of nitrogens with one attached hydrogen (secondary N) is 1. The summed E-state index contributed by atoms with van der Waals surface area (Å²) in [5.74, 6) is -0.410. The number of nitrogens with zero attached hydrogens (tertiary/aromatic N) is 3. The Morgan fingerprint density at radius 3 is 2.79 bits per heavy atom. The highest BCUT2D eigenvalue weighted by atomic mass is 35.5. The molecule has 1 N–H and O–H groups in total. The van der Waals surface area contributed by atoms with Gasteiger partial charge in [0.1, 0.15) is 5.69 Å². The molecule has 1 amide bonds.